The monoisotopic (exact) mass is 314 g/mol. The first-order valence-corrected chi connectivity index (χ1v) is 6.29. The summed E-state index contributed by atoms with van der Waals surface area (Å²) in [6.45, 7) is 1.31. The molecule has 1 aromatic rings. The highest BCUT2D eigenvalue weighted by Gasteiger charge is 2.30. The van der Waals surface area contributed by atoms with Crippen LogP contribution in [0.2, 0.25) is 0 Å². The summed E-state index contributed by atoms with van der Waals surface area (Å²) in [5.41, 5.74) is 6.79. The van der Waals surface area contributed by atoms with Gasteiger partial charge in [0.15, 0.2) is 5.78 Å². The molecule has 6 heteroatoms. The Morgan fingerprint density at radius 1 is 1.61 bits per heavy atom. The van der Waals surface area contributed by atoms with E-state index in [2.05, 4.69) is 21.2 Å². The molecule has 1 atom stereocenters. The van der Waals surface area contributed by atoms with Gasteiger partial charge in [0, 0.05) is 12.5 Å². The molecule has 3 N–H and O–H groups in total. The Hall–Kier alpha value is -1.27. The van der Waals surface area contributed by atoms with Crippen LogP contribution in [-0.2, 0) is 11.2 Å². The predicted molar refractivity (Wildman–Crippen MR) is 69.0 cm³/mol. The third-order valence-corrected chi connectivity index (χ3v) is 3.77. The lowest BCUT2D eigenvalue weighted by molar-refractivity contribution is -0.114. The first kappa shape index (κ1) is 13.2. The van der Waals surface area contributed by atoms with Crippen LogP contribution < -0.4 is 11.1 Å². The van der Waals surface area contributed by atoms with Gasteiger partial charge in [-0.3, -0.25) is 9.59 Å². The Morgan fingerprint density at radius 3 is 2.89 bits per heavy atom. The molecule has 18 heavy (non-hydrogen) atoms. The van der Waals surface area contributed by atoms with Crippen molar-refractivity contribution in [1.82, 2.24) is 0 Å². The van der Waals surface area contributed by atoms with Crippen LogP contribution in [0.25, 0.3) is 0 Å². The highest BCUT2D eigenvalue weighted by atomic mass is 79.9. The molecule has 0 fully saturated rings. The summed E-state index contributed by atoms with van der Waals surface area (Å²) >= 11 is 3.13. The first-order chi connectivity index (χ1) is 8.41. The highest BCUT2D eigenvalue weighted by molar-refractivity contribution is 9.10. The summed E-state index contributed by atoms with van der Waals surface area (Å²) in [5, 5.41) is 2.48. The first-order valence-electron chi connectivity index (χ1n) is 5.50. The van der Waals surface area contributed by atoms with Gasteiger partial charge < -0.3 is 11.1 Å². The number of carbonyl (C=O) groups is 2. The average molecular weight is 315 g/mol. The standard InChI is InChI=1S/C12H12BrFN2O2/c1-5(17)16-9-4-7(14)11(13)6-2-3-8(15)12(18)10(6)9/h4,8H,2-3,15H2,1H3,(H,16,17). The zero-order chi connectivity index (χ0) is 13.4. The molecule has 1 amide bonds. The third-order valence-electron chi connectivity index (χ3n) is 2.92. The Morgan fingerprint density at radius 2 is 2.28 bits per heavy atom. The second-order valence-corrected chi connectivity index (χ2v) is 5.06. The van der Waals surface area contributed by atoms with Gasteiger partial charge in [0.25, 0.3) is 0 Å². The number of Topliss-reactive ketones (excluding diaryl/α,β-unsaturated/α-hetero) is 1. The van der Waals surface area contributed by atoms with Crippen LogP contribution in [0.5, 0.6) is 0 Å². The maximum atomic E-state index is 13.7. The second-order valence-electron chi connectivity index (χ2n) is 4.26. The number of ketones is 1. The topological polar surface area (TPSA) is 72.2 Å². The number of nitrogens with one attached hydrogen (secondary N) is 1. The third kappa shape index (κ3) is 2.18. The van der Waals surface area contributed by atoms with Gasteiger partial charge in [-0.15, -0.1) is 0 Å². The molecule has 2 rings (SSSR count). The van der Waals surface area contributed by atoms with E-state index in [-0.39, 0.29) is 21.9 Å². The van der Waals surface area contributed by atoms with Crippen LogP contribution >= 0.6 is 15.9 Å². The van der Waals surface area contributed by atoms with Crippen LogP contribution in [0, 0.1) is 5.82 Å². The number of nitrogens with two attached hydrogens (primary N) is 1. The number of carbonyl (C=O) groups excluding carboxylic acids is 2. The van der Waals surface area contributed by atoms with Crippen molar-refractivity contribution in [2.45, 2.75) is 25.8 Å². The minimum atomic E-state index is -0.595. The normalized spacial score (nSPS) is 18.4. The number of fused-ring (bicyclic) bond motifs is 1. The molecule has 0 radical (unpaired) electrons. The van der Waals surface area contributed by atoms with Gasteiger partial charge in [-0.1, -0.05) is 0 Å². The van der Waals surface area contributed by atoms with Crippen LogP contribution in [0.1, 0.15) is 29.3 Å². The van der Waals surface area contributed by atoms with Gasteiger partial charge in [0.1, 0.15) is 5.82 Å². The van der Waals surface area contributed by atoms with Crippen molar-refractivity contribution in [2.24, 2.45) is 5.73 Å². The van der Waals surface area contributed by atoms with E-state index >= 15 is 0 Å². The Kier molecular flexibility index (Phi) is 3.49. The summed E-state index contributed by atoms with van der Waals surface area (Å²) < 4.78 is 14.0. The van der Waals surface area contributed by atoms with Crippen molar-refractivity contribution in [3.63, 3.8) is 0 Å². The molecule has 0 aromatic heterocycles. The lowest BCUT2D eigenvalue weighted by atomic mass is 9.86. The fourth-order valence-electron chi connectivity index (χ4n) is 2.10. The van der Waals surface area contributed by atoms with Gasteiger partial charge in [-0.2, -0.15) is 0 Å². The van der Waals surface area contributed by atoms with E-state index in [1.165, 1.54) is 6.92 Å². The van der Waals surface area contributed by atoms with E-state index in [1.54, 1.807) is 0 Å². The largest absolute Gasteiger partial charge is 0.326 e. The zero-order valence-electron chi connectivity index (χ0n) is 9.72. The number of anilines is 1. The highest BCUT2D eigenvalue weighted by Crippen LogP contribution is 2.35. The SMILES string of the molecule is CC(=O)Nc1cc(F)c(Br)c2c1C(=O)C(N)CC2. The van der Waals surface area contributed by atoms with E-state index < -0.39 is 11.9 Å². The second kappa shape index (κ2) is 4.78. The smallest absolute Gasteiger partial charge is 0.221 e. The summed E-state index contributed by atoms with van der Waals surface area (Å²) in [4.78, 5) is 23.2. The van der Waals surface area contributed by atoms with Gasteiger partial charge in [0.2, 0.25) is 5.91 Å². The number of amides is 1. The summed E-state index contributed by atoms with van der Waals surface area (Å²) in [7, 11) is 0. The maximum Gasteiger partial charge on any atom is 0.221 e. The molecule has 0 aliphatic heterocycles. The summed E-state index contributed by atoms with van der Waals surface area (Å²) in [6, 6.07) is 0.544. The molecule has 1 unspecified atom stereocenters. The molecular weight excluding hydrogens is 303 g/mol. The van der Waals surface area contributed by atoms with Gasteiger partial charge >= 0.3 is 0 Å². The molecule has 0 bridgehead atoms. The number of hydrogen-bond acceptors (Lipinski definition) is 3. The Bertz CT molecular complexity index is 545. The van der Waals surface area contributed by atoms with Crippen molar-refractivity contribution < 1.29 is 14.0 Å². The fourth-order valence-corrected chi connectivity index (χ4v) is 2.61. The maximum absolute atomic E-state index is 13.7. The van der Waals surface area contributed by atoms with Crippen molar-refractivity contribution in [2.75, 3.05) is 5.32 Å². The number of rotatable bonds is 1. The van der Waals surface area contributed by atoms with Crippen LogP contribution in [0.15, 0.2) is 10.5 Å². The van der Waals surface area contributed by atoms with E-state index in [1.807, 2.05) is 0 Å². The quantitative estimate of drug-likeness (QED) is 0.832. The molecular formula is C12H12BrFN2O2. The molecule has 0 saturated heterocycles. The molecule has 1 aliphatic carbocycles. The van der Waals surface area contributed by atoms with Crippen molar-refractivity contribution in [3.8, 4) is 0 Å². The number of hydrogen-bond donors (Lipinski definition) is 2. The zero-order valence-corrected chi connectivity index (χ0v) is 11.3. The van der Waals surface area contributed by atoms with Crippen LogP contribution in [0.4, 0.5) is 10.1 Å². The van der Waals surface area contributed by atoms with Gasteiger partial charge in [-0.05, 0) is 40.4 Å². The lowest BCUT2D eigenvalue weighted by Gasteiger charge is -2.24. The van der Waals surface area contributed by atoms with Crippen LogP contribution in [0.3, 0.4) is 0 Å². The Labute approximate surface area is 112 Å². The van der Waals surface area contributed by atoms with E-state index in [9.17, 15) is 14.0 Å². The minimum Gasteiger partial charge on any atom is -0.326 e. The van der Waals surface area contributed by atoms with Gasteiger partial charge in [-0.25, -0.2) is 4.39 Å². The van der Waals surface area contributed by atoms with Crippen molar-refractivity contribution in [1.29, 1.82) is 0 Å². The molecule has 4 nitrogen and oxygen atoms in total. The lowest BCUT2D eigenvalue weighted by Crippen LogP contribution is -2.36. The van der Waals surface area contributed by atoms with E-state index in [0.29, 0.717) is 24.0 Å². The minimum absolute atomic E-state index is 0.193. The van der Waals surface area contributed by atoms with Gasteiger partial charge in [0.05, 0.1) is 16.2 Å². The molecule has 0 spiro atoms. The number of halogens is 2. The molecule has 1 aliphatic rings. The molecule has 0 saturated carbocycles. The average Bonchev–Trinajstić information content (AvgIpc) is 2.28. The molecule has 0 heterocycles. The predicted octanol–water partition coefficient (Wildman–Crippen LogP) is 2.00. The summed E-state index contributed by atoms with van der Waals surface area (Å²) in [6.07, 6.45) is 0.987. The van der Waals surface area contributed by atoms with Crippen molar-refractivity contribution >= 4 is 33.3 Å². The fraction of sp³-hybridized carbons (Fsp3) is 0.333. The Balaban J connectivity index is 2.64. The van der Waals surface area contributed by atoms with Crippen molar-refractivity contribution in [3.05, 3.63) is 27.5 Å². The number of benzene rings is 1. The van der Waals surface area contributed by atoms with E-state index in [0.717, 1.165) is 6.07 Å². The summed E-state index contributed by atoms with van der Waals surface area (Å²) in [5.74, 6) is -1.12. The van der Waals surface area contributed by atoms with E-state index in [4.69, 9.17) is 5.73 Å². The molecule has 96 valence electrons. The van der Waals surface area contributed by atoms with Crippen LogP contribution in [-0.4, -0.2) is 17.7 Å². The molecule has 1 aromatic carbocycles.